The molecule has 0 bridgehead atoms. The predicted octanol–water partition coefficient (Wildman–Crippen LogP) is 0.288. The van der Waals surface area contributed by atoms with E-state index in [1.54, 1.807) is 7.05 Å². The van der Waals surface area contributed by atoms with Crippen LogP contribution in [0.15, 0.2) is 0 Å². The van der Waals surface area contributed by atoms with Gasteiger partial charge in [-0.2, -0.15) is 0 Å². The van der Waals surface area contributed by atoms with Gasteiger partial charge in [-0.25, -0.2) is 4.79 Å². The molecule has 0 spiro atoms. The smallest absolute Gasteiger partial charge is 0.284 e. The van der Waals surface area contributed by atoms with Gasteiger partial charge in [-0.1, -0.05) is 12.2 Å². The Bertz CT molecular complexity index is 203. The number of amidine groups is 1. The molecule has 1 saturated heterocycles. The molecule has 0 aromatic rings. The lowest BCUT2D eigenvalue weighted by molar-refractivity contribution is 0.216. The lowest BCUT2D eigenvalue weighted by Gasteiger charge is -2.05. The molecular weight excluding hydrogens is 150 g/mol. The first-order valence-corrected chi connectivity index (χ1v) is 3.11. The SMILES string of the molecule is CN1C(=N)C(=S)N(C)C1=O. The molecule has 0 atom stereocenters. The zero-order valence-corrected chi connectivity index (χ0v) is 6.53. The van der Waals surface area contributed by atoms with Crippen molar-refractivity contribution in [3.05, 3.63) is 0 Å². The third-order valence-corrected chi connectivity index (χ3v) is 1.88. The highest BCUT2D eigenvalue weighted by atomic mass is 32.1. The van der Waals surface area contributed by atoms with Crippen LogP contribution in [0, 0.1) is 5.41 Å². The van der Waals surface area contributed by atoms with Crippen molar-refractivity contribution in [2.75, 3.05) is 14.1 Å². The first kappa shape index (κ1) is 7.14. The lowest BCUT2D eigenvalue weighted by atomic mass is 10.6. The monoisotopic (exact) mass is 157 g/mol. The lowest BCUT2D eigenvalue weighted by Crippen LogP contribution is -2.27. The number of amides is 2. The summed E-state index contributed by atoms with van der Waals surface area (Å²) in [4.78, 5) is 13.7. The quantitative estimate of drug-likeness (QED) is 0.514. The number of likely N-dealkylation sites (N-methyl/N-ethyl adjacent to an activating group) is 2. The van der Waals surface area contributed by atoms with E-state index in [1.807, 2.05) is 0 Å². The molecule has 2 amide bonds. The summed E-state index contributed by atoms with van der Waals surface area (Å²) < 4.78 is 0. The van der Waals surface area contributed by atoms with E-state index in [4.69, 9.17) is 17.6 Å². The van der Waals surface area contributed by atoms with Gasteiger partial charge in [0.1, 0.15) is 0 Å². The first-order valence-electron chi connectivity index (χ1n) is 2.70. The normalized spacial score (nSPS) is 19.2. The molecule has 0 aromatic heterocycles. The van der Waals surface area contributed by atoms with E-state index in [0.717, 1.165) is 0 Å². The molecular formula is C5H7N3OS. The fourth-order valence-corrected chi connectivity index (χ4v) is 0.925. The van der Waals surface area contributed by atoms with Gasteiger partial charge in [-0.15, -0.1) is 0 Å². The fraction of sp³-hybridized carbons (Fsp3) is 0.400. The predicted molar refractivity (Wildman–Crippen MR) is 41.2 cm³/mol. The molecule has 54 valence electrons. The van der Waals surface area contributed by atoms with E-state index < -0.39 is 0 Å². The molecule has 0 unspecified atom stereocenters. The topological polar surface area (TPSA) is 47.4 Å². The minimum absolute atomic E-state index is 0.0995. The second-order valence-electron chi connectivity index (χ2n) is 2.05. The summed E-state index contributed by atoms with van der Waals surface area (Å²) >= 11 is 4.76. The summed E-state index contributed by atoms with van der Waals surface area (Å²) in [5.41, 5.74) is 0. The Morgan fingerprint density at radius 1 is 1.40 bits per heavy atom. The van der Waals surface area contributed by atoms with Crippen LogP contribution in [0.25, 0.3) is 0 Å². The van der Waals surface area contributed by atoms with Crippen LogP contribution in [0.5, 0.6) is 0 Å². The van der Waals surface area contributed by atoms with Gasteiger partial charge in [0, 0.05) is 14.1 Å². The summed E-state index contributed by atoms with van der Waals surface area (Å²) in [6.07, 6.45) is 0. The van der Waals surface area contributed by atoms with Crippen LogP contribution in [0.1, 0.15) is 0 Å². The number of nitrogens with zero attached hydrogens (tertiary/aromatic N) is 2. The fourth-order valence-electron chi connectivity index (χ4n) is 0.710. The van der Waals surface area contributed by atoms with Crippen molar-refractivity contribution < 1.29 is 4.79 Å². The van der Waals surface area contributed by atoms with Crippen molar-refractivity contribution in [3.63, 3.8) is 0 Å². The second-order valence-corrected chi connectivity index (χ2v) is 2.44. The molecule has 0 aromatic carbocycles. The van der Waals surface area contributed by atoms with Gasteiger partial charge >= 0.3 is 6.03 Å². The summed E-state index contributed by atoms with van der Waals surface area (Å²) in [7, 11) is 3.09. The van der Waals surface area contributed by atoms with Crippen LogP contribution in [0.3, 0.4) is 0 Å². The highest BCUT2D eigenvalue weighted by molar-refractivity contribution is 7.82. The van der Waals surface area contributed by atoms with Crippen molar-refractivity contribution in [2.24, 2.45) is 0 Å². The standard InChI is InChI=1S/C5H7N3OS/c1-7-3(6)4(10)8(2)5(7)9/h6H,1-2H3. The van der Waals surface area contributed by atoms with Crippen molar-refractivity contribution in [3.8, 4) is 0 Å². The molecule has 4 nitrogen and oxygen atoms in total. The molecule has 0 saturated carbocycles. The van der Waals surface area contributed by atoms with E-state index in [2.05, 4.69) is 0 Å². The Balaban J connectivity index is 3.00. The largest absolute Gasteiger partial charge is 0.330 e. The van der Waals surface area contributed by atoms with Crippen molar-refractivity contribution >= 4 is 29.1 Å². The van der Waals surface area contributed by atoms with E-state index in [0.29, 0.717) is 0 Å². The van der Waals surface area contributed by atoms with Crippen LogP contribution < -0.4 is 0 Å². The van der Waals surface area contributed by atoms with Crippen molar-refractivity contribution in [1.29, 1.82) is 5.41 Å². The van der Waals surface area contributed by atoms with E-state index in [-0.39, 0.29) is 16.9 Å². The molecule has 0 aliphatic carbocycles. The van der Waals surface area contributed by atoms with Gasteiger partial charge in [-0.3, -0.25) is 15.2 Å². The summed E-state index contributed by atoms with van der Waals surface area (Å²) in [6, 6.07) is -0.241. The average molecular weight is 157 g/mol. The Labute approximate surface area is 63.9 Å². The maximum absolute atomic E-state index is 10.9. The van der Waals surface area contributed by atoms with Gasteiger partial charge in [0.2, 0.25) is 0 Å². The van der Waals surface area contributed by atoms with E-state index in [9.17, 15) is 4.79 Å². The minimum Gasteiger partial charge on any atom is -0.284 e. The van der Waals surface area contributed by atoms with Gasteiger partial charge in [0.15, 0.2) is 10.8 Å². The summed E-state index contributed by atoms with van der Waals surface area (Å²) in [5.74, 6) is 0.0995. The summed E-state index contributed by atoms with van der Waals surface area (Å²) in [6.45, 7) is 0. The van der Waals surface area contributed by atoms with E-state index >= 15 is 0 Å². The van der Waals surface area contributed by atoms with Crippen LogP contribution in [-0.4, -0.2) is 40.8 Å². The third kappa shape index (κ3) is 0.706. The van der Waals surface area contributed by atoms with E-state index in [1.165, 1.54) is 16.8 Å². The molecule has 0 radical (unpaired) electrons. The Hall–Kier alpha value is -0.970. The zero-order valence-electron chi connectivity index (χ0n) is 5.71. The van der Waals surface area contributed by atoms with Gasteiger partial charge in [-0.05, 0) is 0 Å². The molecule has 1 rings (SSSR count). The summed E-state index contributed by atoms with van der Waals surface area (Å²) in [5, 5.41) is 7.24. The number of hydrogen-bond acceptors (Lipinski definition) is 3. The van der Waals surface area contributed by atoms with Gasteiger partial charge in [0.05, 0.1) is 0 Å². The molecule has 1 fully saturated rings. The van der Waals surface area contributed by atoms with Crippen LogP contribution in [0.2, 0.25) is 0 Å². The molecule has 1 aliphatic rings. The van der Waals surface area contributed by atoms with Crippen LogP contribution >= 0.6 is 12.2 Å². The average Bonchev–Trinajstić information content (AvgIpc) is 2.07. The number of urea groups is 1. The number of hydrogen-bond donors (Lipinski definition) is 1. The Kier molecular flexibility index (Phi) is 1.44. The molecule has 5 heteroatoms. The Morgan fingerprint density at radius 3 is 2.00 bits per heavy atom. The third-order valence-electron chi connectivity index (χ3n) is 1.42. The van der Waals surface area contributed by atoms with Crippen LogP contribution in [-0.2, 0) is 0 Å². The van der Waals surface area contributed by atoms with Crippen molar-refractivity contribution in [2.45, 2.75) is 0 Å². The minimum atomic E-state index is -0.241. The van der Waals surface area contributed by atoms with Gasteiger partial charge < -0.3 is 0 Å². The molecule has 1 heterocycles. The number of carbonyl (C=O) groups excluding carboxylic acids is 1. The number of rotatable bonds is 0. The maximum Gasteiger partial charge on any atom is 0.330 e. The number of thiocarbonyl (C=S) groups is 1. The maximum atomic E-state index is 10.9. The molecule has 1 aliphatic heterocycles. The molecule has 1 N–H and O–H groups in total. The Morgan fingerprint density at radius 2 is 1.90 bits per heavy atom. The first-order chi connectivity index (χ1) is 4.55. The highest BCUT2D eigenvalue weighted by Gasteiger charge is 2.32. The van der Waals surface area contributed by atoms with Crippen molar-refractivity contribution in [1.82, 2.24) is 9.80 Å². The second kappa shape index (κ2) is 2.02. The highest BCUT2D eigenvalue weighted by Crippen LogP contribution is 2.07. The van der Waals surface area contributed by atoms with Crippen LogP contribution in [0.4, 0.5) is 4.79 Å². The van der Waals surface area contributed by atoms with Gasteiger partial charge in [0.25, 0.3) is 0 Å². The zero-order chi connectivity index (χ0) is 7.89. The number of nitrogens with one attached hydrogen (secondary N) is 1. The number of carbonyl (C=O) groups is 1. The molecule has 10 heavy (non-hydrogen) atoms.